The Labute approximate surface area is 160 Å². The van der Waals surface area contributed by atoms with E-state index < -0.39 is 0 Å². The Morgan fingerprint density at radius 1 is 0.593 bits per heavy atom. The van der Waals surface area contributed by atoms with Gasteiger partial charge in [-0.1, -0.05) is 84.9 Å². The number of nitrogens with one attached hydrogen (secondary N) is 1. The molecule has 0 saturated heterocycles. The first-order valence-electron chi connectivity index (χ1n) is 9.01. The van der Waals surface area contributed by atoms with Gasteiger partial charge < -0.3 is 10.1 Å². The van der Waals surface area contributed by atoms with Gasteiger partial charge in [0.15, 0.2) is 5.75 Å². The van der Waals surface area contributed by atoms with Gasteiger partial charge in [-0.25, -0.2) is 0 Å². The minimum Gasteiger partial charge on any atom is -0.494 e. The Morgan fingerprint density at radius 2 is 1.15 bits per heavy atom. The van der Waals surface area contributed by atoms with Gasteiger partial charge in [-0.2, -0.15) is 0 Å². The molecule has 2 heteroatoms. The van der Waals surface area contributed by atoms with Gasteiger partial charge in [0.1, 0.15) is 0 Å². The van der Waals surface area contributed by atoms with Crippen molar-refractivity contribution < 1.29 is 4.74 Å². The maximum absolute atomic E-state index is 5.90. The molecule has 0 spiro atoms. The van der Waals surface area contributed by atoms with Crippen LogP contribution in [-0.2, 0) is 0 Å². The largest absolute Gasteiger partial charge is 0.494 e. The third kappa shape index (κ3) is 3.56. The SMILES string of the molecule is COc1c(Nc2ccccc2)ccc(-c2ccccc2)c1-c1ccccc1. The number of para-hydroxylation sites is 1. The zero-order valence-corrected chi connectivity index (χ0v) is 15.2. The molecule has 4 aromatic rings. The van der Waals surface area contributed by atoms with Gasteiger partial charge in [0, 0.05) is 11.3 Å². The summed E-state index contributed by atoms with van der Waals surface area (Å²) in [6.45, 7) is 0. The molecule has 0 aliphatic heterocycles. The molecular weight excluding hydrogens is 330 g/mol. The fraction of sp³-hybridized carbons (Fsp3) is 0.0400. The van der Waals surface area contributed by atoms with Crippen molar-refractivity contribution in [2.24, 2.45) is 0 Å². The third-order valence-corrected chi connectivity index (χ3v) is 4.56. The Kier molecular flexibility index (Phi) is 4.88. The summed E-state index contributed by atoms with van der Waals surface area (Å²) in [7, 11) is 1.73. The van der Waals surface area contributed by atoms with Crippen LogP contribution in [0, 0.1) is 0 Å². The standard InChI is InChI=1S/C25H21NO/c1-27-25-23(26-21-15-9-4-10-16-21)18-17-22(19-11-5-2-6-12-19)24(25)20-13-7-3-8-14-20/h2-18,26H,1H3. The highest BCUT2D eigenvalue weighted by Crippen LogP contribution is 2.44. The second kappa shape index (κ2) is 7.79. The first-order chi connectivity index (χ1) is 13.4. The van der Waals surface area contributed by atoms with Crippen LogP contribution in [0.15, 0.2) is 103 Å². The Balaban J connectivity index is 1.91. The summed E-state index contributed by atoms with van der Waals surface area (Å²) in [5, 5.41) is 3.49. The van der Waals surface area contributed by atoms with Gasteiger partial charge >= 0.3 is 0 Å². The van der Waals surface area contributed by atoms with Crippen LogP contribution >= 0.6 is 0 Å². The zero-order valence-electron chi connectivity index (χ0n) is 15.2. The van der Waals surface area contributed by atoms with E-state index in [-0.39, 0.29) is 0 Å². The van der Waals surface area contributed by atoms with Gasteiger partial charge in [0.2, 0.25) is 0 Å². The van der Waals surface area contributed by atoms with Crippen molar-refractivity contribution in [3.8, 4) is 28.0 Å². The summed E-state index contributed by atoms with van der Waals surface area (Å²) >= 11 is 0. The van der Waals surface area contributed by atoms with E-state index in [2.05, 4.69) is 66.0 Å². The fourth-order valence-corrected chi connectivity index (χ4v) is 3.32. The molecule has 0 bridgehead atoms. The van der Waals surface area contributed by atoms with E-state index in [1.54, 1.807) is 7.11 Å². The van der Waals surface area contributed by atoms with Gasteiger partial charge in [-0.15, -0.1) is 0 Å². The lowest BCUT2D eigenvalue weighted by Crippen LogP contribution is -1.98. The molecule has 1 N–H and O–H groups in total. The number of hydrogen-bond donors (Lipinski definition) is 1. The molecular formula is C25H21NO. The number of benzene rings is 4. The molecule has 0 atom stereocenters. The minimum atomic E-state index is 0.839. The van der Waals surface area contributed by atoms with Crippen molar-refractivity contribution in [1.29, 1.82) is 0 Å². The van der Waals surface area contributed by atoms with Gasteiger partial charge in [-0.05, 0) is 34.9 Å². The molecule has 0 aliphatic carbocycles. The molecule has 0 saturated carbocycles. The first kappa shape index (κ1) is 16.9. The minimum absolute atomic E-state index is 0.839. The zero-order chi connectivity index (χ0) is 18.5. The number of hydrogen-bond acceptors (Lipinski definition) is 2. The van der Waals surface area contributed by atoms with E-state index in [9.17, 15) is 0 Å². The Morgan fingerprint density at radius 3 is 1.74 bits per heavy atom. The topological polar surface area (TPSA) is 21.3 Å². The van der Waals surface area contributed by atoms with E-state index in [0.29, 0.717) is 0 Å². The lowest BCUT2D eigenvalue weighted by molar-refractivity contribution is 0.418. The van der Waals surface area contributed by atoms with E-state index in [1.165, 1.54) is 5.56 Å². The number of methoxy groups -OCH3 is 1. The average molecular weight is 351 g/mol. The van der Waals surface area contributed by atoms with E-state index >= 15 is 0 Å². The van der Waals surface area contributed by atoms with E-state index in [1.807, 2.05) is 42.5 Å². The summed E-state index contributed by atoms with van der Waals surface area (Å²) in [4.78, 5) is 0. The molecule has 2 nitrogen and oxygen atoms in total. The van der Waals surface area contributed by atoms with Gasteiger partial charge in [0.25, 0.3) is 0 Å². The molecule has 27 heavy (non-hydrogen) atoms. The van der Waals surface area contributed by atoms with Gasteiger partial charge in [-0.3, -0.25) is 0 Å². The lowest BCUT2D eigenvalue weighted by Gasteiger charge is -2.19. The molecule has 4 aromatic carbocycles. The van der Waals surface area contributed by atoms with E-state index in [0.717, 1.165) is 33.8 Å². The highest BCUT2D eigenvalue weighted by Gasteiger charge is 2.17. The summed E-state index contributed by atoms with van der Waals surface area (Å²) < 4.78 is 5.90. The van der Waals surface area contributed by atoms with Crippen molar-refractivity contribution in [3.63, 3.8) is 0 Å². The van der Waals surface area contributed by atoms with Crippen LogP contribution in [-0.4, -0.2) is 7.11 Å². The highest BCUT2D eigenvalue weighted by atomic mass is 16.5. The van der Waals surface area contributed by atoms with Crippen molar-refractivity contribution in [2.75, 3.05) is 12.4 Å². The summed E-state index contributed by atoms with van der Waals surface area (Å²) in [5.41, 5.74) is 6.51. The van der Waals surface area contributed by atoms with Crippen LogP contribution in [0.4, 0.5) is 11.4 Å². The normalized spacial score (nSPS) is 10.4. The summed E-state index contributed by atoms with van der Waals surface area (Å²) in [6, 6.07) is 35.2. The quantitative estimate of drug-likeness (QED) is 0.428. The lowest BCUT2D eigenvalue weighted by atomic mass is 9.93. The van der Waals surface area contributed by atoms with Crippen molar-refractivity contribution in [1.82, 2.24) is 0 Å². The second-order valence-corrected chi connectivity index (χ2v) is 6.29. The van der Waals surface area contributed by atoms with Crippen molar-refractivity contribution >= 4 is 11.4 Å². The molecule has 0 fully saturated rings. The Bertz CT molecular complexity index is 1010. The first-order valence-corrected chi connectivity index (χ1v) is 9.01. The highest BCUT2D eigenvalue weighted by molar-refractivity contribution is 5.92. The van der Waals surface area contributed by atoms with Crippen LogP contribution in [0.25, 0.3) is 22.3 Å². The smallest absolute Gasteiger partial charge is 0.150 e. The molecule has 0 aromatic heterocycles. The van der Waals surface area contributed by atoms with Crippen LogP contribution < -0.4 is 10.1 Å². The van der Waals surface area contributed by atoms with Crippen LogP contribution in [0.1, 0.15) is 0 Å². The fourth-order valence-electron chi connectivity index (χ4n) is 3.32. The number of anilines is 2. The maximum Gasteiger partial charge on any atom is 0.150 e. The summed E-state index contributed by atoms with van der Waals surface area (Å²) in [6.07, 6.45) is 0. The molecule has 0 radical (unpaired) electrons. The van der Waals surface area contributed by atoms with Crippen LogP contribution in [0.5, 0.6) is 5.75 Å². The predicted octanol–water partition coefficient (Wildman–Crippen LogP) is 6.77. The maximum atomic E-state index is 5.90. The van der Waals surface area contributed by atoms with Crippen molar-refractivity contribution in [2.45, 2.75) is 0 Å². The molecule has 4 rings (SSSR count). The Hall–Kier alpha value is -3.52. The molecule has 132 valence electrons. The number of rotatable bonds is 5. The molecule has 0 amide bonds. The predicted molar refractivity (Wildman–Crippen MR) is 114 cm³/mol. The second-order valence-electron chi connectivity index (χ2n) is 6.29. The number of ether oxygens (including phenoxy) is 1. The molecule has 0 aliphatic rings. The van der Waals surface area contributed by atoms with Gasteiger partial charge in [0.05, 0.1) is 12.8 Å². The summed E-state index contributed by atoms with van der Waals surface area (Å²) in [5.74, 6) is 0.839. The average Bonchev–Trinajstić information content (AvgIpc) is 2.75. The monoisotopic (exact) mass is 351 g/mol. The van der Waals surface area contributed by atoms with Crippen LogP contribution in [0.3, 0.4) is 0 Å². The van der Waals surface area contributed by atoms with Crippen molar-refractivity contribution in [3.05, 3.63) is 103 Å². The molecule has 0 heterocycles. The molecule has 0 unspecified atom stereocenters. The van der Waals surface area contributed by atoms with Crippen LogP contribution in [0.2, 0.25) is 0 Å². The van der Waals surface area contributed by atoms with E-state index in [4.69, 9.17) is 4.74 Å². The third-order valence-electron chi connectivity index (χ3n) is 4.56.